The predicted molar refractivity (Wildman–Crippen MR) is 62.6 cm³/mol. The van der Waals surface area contributed by atoms with E-state index in [2.05, 4.69) is 15.0 Å². The van der Waals surface area contributed by atoms with Gasteiger partial charge in [0.2, 0.25) is 18.2 Å². The van der Waals surface area contributed by atoms with Gasteiger partial charge in [-0.05, 0) is 19.3 Å². The highest BCUT2D eigenvalue weighted by atomic mass is 16.5. The van der Waals surface area contributed by atoms with E-state index in [1.807, 2.05) is 0 Å². The molecule has 0 spiro atoms. The number of ether oxygens (including phenoxy) is 1. The molecule has 7 nitrogen and oxygen atoms in total. The first kappa shape index (κ1) is 16.1. The first-order valence-electron chi connectivity index (χ1n) is 5.57. The molecule has 0 aromatic carbocycles. The van der Waals surface area contributed by atoms with Crippen molar-refractivity contribution in [3.8, 4) is 0 Å². The van der Waals surface area contributed by atoms with Crippen molar-refractivity contribution >= 4 is 18.2 Å². The van der Waals surface area contributed by atoms with E-state index in [4.69, 9.17) is 4.74 Å². The van der Waals surface area contributed by atoms with Gasteiger partial charge in [-0.3, -0.25) is 0 Å². The summed E-state index contributed by atoms with van der Waals surface area (Å²) < 4.78 is 5.20. The predicted octanol–water partition coefficient (Wildman–Crippen LogP) is 0.549. The summed E-state index contributed by atoms with van der Waals surface area (Å²) in [5.74, 6) is 0. The van der Waals surface area contributed by atoms with Crippen molar-refractivity contribution in [1.29, 1.82) is 0 Å². The number of unbranched alkanes of at least 4 members (excludes halogenated alkanes) is 1. The maximum absolute atomic E-state index is 10.2. The third-order valence-electron chi connectivity index (χ3n) is 2.08. The molecule has 0 bridgehead atoms. The van der Waals surface area contributed by atoms with E-state index in [1.54, 1.807) is 0 Å². The number of aliphatic imine (C=N–C) groups is 3. The highest BCUT2D eigenvalue weighted by molar-refractivity contribution is 5.33. The molecule has 0 aliphatic carbocycles. The summed E-state index contributed by atoms with van der Waals surface area (Å²) >= 11 is 0. The van der Waals surface area contributed by atoms with Gasteiger partial charge in [-0.15, -0.1) is 0 Å². The van der Waals surface area contributed by atoms with E-state index >= 15 is 0 Å². The van der Waals surface area contributed by atoms with E-state index in [9.17, 15) is 14.4 Å². The van der Waals surface area contributed by atoms with Crippen molar-refractivity contribution in [1.82, 2.24) is 0 Å². The normalized spacial score (nSPS) is 10.7. The number of isocyanates is 3. The SMILES string of the molecule is O=C=NCCCCC(COCCN=C=O)N=C=O. The Kier molecular flexibility index (Phi) is 11.8. The van der Waals surface area contributed by atoms with Crippen LogP contribution in [-0.2, 0) is 19.1 Å². The van der Waals surface area contributed by atoms with Gasteiger partial charge < -0.3 is 4.74 Å². The fourth-order valence-corrected chi connectivity index (χ4v) is 1.25. The quantitative estimate of drug-likeness (QED) is 0.305. The molecule has 18 heavy (non-hydrogen) atoms. The smallest absolute Gasteiger partial charge is 0.235 e. The summed E-state index contributed by atoms with van der Waals surface area (Å²) in [5, 5.41) is 0. The Hall–Kier alpha value is -1.90. The van der Waals surface area contributed by atoms with Gasteiger partial charge in [0.15, 0.2) is 0 Å². The Morgan fingerprint density at radius 3 is 2.33 bits per heavy atom. The van der Waals surface area contributed by atoms with Crippen LogP contribution in [0.5, 0.6) is 0 Å². The Balaban J connectivity index is 3.74. The summed E-state index contributed by atoms with van der Waals surface area (Å²) in [6.07, 6.45) is 6.51. The van der Waals surface area contributed by atoms with Gasteiger partial charge in [-0.25, -0.2) is 29.4 Å². The van der Waals surface area contributed by atoms with Crippen molar-refractivity contribution in [3.63, 3.8) is 0 Å². The molecule has 0 heterocycles. The molecule has 0 radical (unpaired) electrons. The lowest BCUT2D eigenvalue weighted by Crippen LogP contribution is -2.15. The van der Waals surface area contributed by atoms with Gasteiger partial charge in [0.25, 0.3) is 0 Å². The lowest BCUT2D eigenvalue weighted by atomic mass is 10.1. The lowest BCUT2D eigenvalue weighted by molar-refractivity contribution is 0.125. The van der Waals surface area contributed by atoms with Crippen LogP contribution in [0, 0.1) is 0 Å². The standard InChI is InChI=1S/C11H15N3O4/c15-8-12-4-2-1-3-11(14-10-17)7-18-6-5-13-9-16/h11H,1-7H2. The van der Waals surface area contributed by atoms with Crippen LogP contribution in [0.1, 0.15) is 19.3 Å². The molecule has 0 aromatic heterocycles. The lowest BCUT2D eigenvalue weighted by Gasteiger charge is -2.09. The van der Waals surface area contributed by atoms with Crippen molar-refractivity contribution in [2.75, 3.05) is 26.3 Å². The fourth-order valence-electron chi connectivity index (χ4n) is 1.25. The molecule has 0 aliphatic rings. The molecular formula is C11H15N3O4. The van der Waals surface area contributed by atoms with Gasteiger partial charge in [0.1, 0.15) is 0 Å². The summed E-state index contributed by atoms with van der Waals surface area (Å²) in [6, 6.07) is -0.261. The topological polar surface area (TPSA) is 97.5 Å². The van der Waals surface area contributed by atoms with Crippen LogP contribution in [0.25, 0.3) is 0 Å². The van der Waals surface area contributed by atoms with Gasteiger partial charge in [0, 0.05) is 0 Å². The summed E-state index contributed by atoms with van der Waals surface area (Å²) in [6.45, 7) is 1.24. The van der Waals surface area contributed by atoms with Crippen LogP contribution in [0.2, 0.25) is 0 Å². The molecule has 0 saturated heterocycles. The van der Waals surface area contributed by atoms with Crippen molar-refractivity contribution < 1.29 is 19.1 Å². The van der Waals surface area contributed by atoms with E-state index in [0.29, 0.717) is 13.0 Å². The van der Waals surface area contributed by atoms with Gasteiger partial charge in [0.05, 0.1) is 32.3 Å². The van der Waals surface area contributed by atoms with Crippen molar-refractivity contribution in [2.24, 2.45) is 15.0 Å². The second-order valence-electron chi connectivity index (χ2n) is 3.39. The molecule has 1 unspecified atom stereocenters. The van der Waals surface area contributed by atoms with Crippen molar-refractivity contribution in [3.05, 3.63) is 0 Å². The van der Waals surface area contributed by atoms with Gasteiger partial charge in [-0.1, -0.05) is 0 Å². The van der Waals surface area contributed by atoms with Crippen LogP contribution in [0.4, 0.5) is 0 Å². The molecular weight excluding hydrogens is 238 g/mol. The first-order valence-corrected chi connectivity index (χ1v) is 5.57. The van der Waals surface area contributed by atoms with Crippen LogP contribution in [0.3, 0.4) is 0 Å². The minimum absolute atomic E-state index is 0.245. The monoisotopic (exact) mass is 253 g/mol. The van der Waals surface area contributed by atoms with Crippen LogP contribution >= 0.6 is 0 Å². The zero-order valence-electron chi connectivity index (χ0n) is 10.0. The van der Waals surface area contributed by atoms with Gasteiger partial charge in [-0.2, -0.15) is 0 Å². The van der Waals surface area contributed by atoms with Crippen LogP contribution in [-0.4, -0.2) is 50.6 Å². The number of hydrogen-bond acceptors (Lipinski definition) is 7. The van der Waals surface area contributed by atoms with E-state index in [1.165, 1.54) is 18.2 Å². The van der Waals surface area contributed by atoms with Gasteiger partial charge >= 0.3 is 0 Å². The third-order valence-corrected chi connectivity index (χ3v) is 2.08. The molecule has 0 aromatic rings. The van der Waals surface area contributed by atoms with Crippen LogP contribution < -0.4 is 0 Å². The molecule has 0 rings (SSSR count). The Bertz CT molecular complexity index is 327. The molecule has 0 aliphatic heterocycles. The van der Waals surface area contributed by atoms with E-state index < -0.39 is 0 Å². The first-order chi connectivity index (χ1) is 8.85. The maximum atomic E-state index is 10.2. The molecule has 0 saturated carbocycles. The van der Waals surface area contributed by atoms with Crippen molar-refractivity contribution in [2.45, 2.75) is 25.3 Å². The Morgan fingerprint density at radius 1 is 0.944 bits per heavy atom. The molecule has 1 atom stereocenters. The molecule has 0 amide bonds. The highest BCUT2D eigenvalue weighted by Crippen LogP contribution is 2.05. The maximum Gasteiger partial charge on any atom is 0.235 e. The zero-order chi connectivity index (χ0) is 13.5. The summed E-state index contributed by atoms with van der Waals surface area (Å²) in [4.78, 5) is 40.1. The average Bonchev–Trinajstić information content (AvgIpc) is 2.38. The summed E-state index contributed by atoms with van der Waals surface area (Å²) in [5.41, 5.74) is 0. The molecule has 0 fully saturated rings. The molecule has 98 valence electrons. The minimum Gasteiger partial charge on any atom is -0.377 e. The number of nitrogens with zero attached hydrogens (tertiary/aromatic N) is 3. The fraction of sp³-hybridized carbons (Fsp3) is 0.727. The van der Waals surface area contributed by atoms with E-state index in [-0.39, 0.29) is 25.8 Å². The minimum atomic E-state index is -0.261. The number of rotatable bonds is 11. The summed E-state index contributed by atoms with van der Waals surface area (Å²) in [7, 11) is 0. The Morgan fingerprint density at radius 2 is 1.67 bits per heavy atom. The molecule has 7 heteroatoms. The third kappa shape index (κ3) is 10.6. The Labute approximate surface area is 105 Å². The second kappa shape index (κ2) is 13.2. The largest absolute Gasteiger partial charge is 0.377 e. The highest BCUT2D eigenvalue weighted by Gasteiger charge is 2.06. The van der Waals surface area contributed by atoms with E-state index in [0.717, 1.165) is 12.8 Å². The average molecular weight is 253 g/mol. The zero-order valence-corrected chi connectivity index (χ0v) is 10.0. The number of carbonyl (C=O) groups excluding carboxylic acids is 3. The second-order valence-corrected chi connectivity index (χ2v) is 3.39. The van der Waals surface area contributed by atoms with Crippen LogP contribution in [0.15, 0.2) is 15.0 Å². The number of hydrogen-bond donors (Lipinski definition) is 0. The molecule has 0 N–H and O–H groups in total.